The fourth-order valence-corrected chi connectivity index (χ4v) is 2.73. The molecule has 2 amide bonds. The molecular weight excluding hydrogens is 309 g/mol. The summed E-state index contributed by atoms with van der Waals surface area (Å²) in [6, 6.07) is 12.8. The van der Waals surface area contributed by atoms with E-state index in [0.29, 0.717) is 31.1 Å². The standard InChI is InChI=1S/C18H20FN3O2/c19-15-5-7-16(8-6-15)20-18(24)22-11-9-21(10-12-22)13-14-3-1-2-4-17(14)23/h1-8,23H,9-13H2,(H,20,24). The summed E-state index contributed by atoms with van der Waals surface area (Å²) in [6.45, 7) is 3.37. The molecule has 1 aliphatic rings. The van der Waals surface area contributed by atoms with Crippen molar-refractivity contribution in [2.24, 2.45) is 0 Å². The Morgan fingerprint density at radius 3 is 2.38 bits per heavy atom. The van der Waals surface area contributed by atoms with E-state index in [0.717, 1.165) is 18.7 Å². The molecule has 0 radical (unpaired) electrons. The molecule has 0 spiro atoms. The maximum atomic E-state index is 12.9. The Balaban J connectivity index is 1.50. The summed E-state index contributed by atoms with van der Waals surface area (Å²) in [6.07, 6.45) is 0. The molecule has 1 heterocycles. The highest BCUT2D eigenvalue weighted by Crippen LogP contribution is 2.19. The van der Waals surface area contributed by atoms with Crippen molar-refractivity contribution >= 4 is 11.7 Å². The number of halogens is 1. The van der Waals surface area contributed by atoms with Gasteiger partial charge in [0.1, 0.15) is 11.6 Å². The van der Waals surface area contributed by atoms with Gasteiger partial charge in [-0.15, -0.1) is 0 Å². The van der Waals surface area contributed by atoms with Crippen LogP contribution in [0.4, 0.5) is 14.9 Å². The molecule has 1 saturated heterocycles. The molecule has 6 heteroatoms. The first-order chi connectivity index (χ1) is 11.6. The predicted molar refractivity (Wildman–Crippen MR) is 90.4 cm³/mol. The van der Waals surface area contributed by atoms with Gasteiger partial charge in [0.2, 0.25) is 0 Å². The van der Waals surface area contributed by atoms with Gasteiger partial charge in [-0.2, -0.15) is 0 Å². The second-order valence-electron chi connectivity index (χ2n) is 5.83. The molecule has 0 saturated carbocycles. The number of aromatic hydroxyl groups is 1. The topological polar surface area (TPSA) is 55.8 Å². The van der Waals surface area contributed by atoms with Crippen molar-refractivity contribution in [1.82, 2.24) is 9.80 Å². The van der Waals surface area contributed by atoms with Crippen molar-refractivity contribution in [3.05, 3.63) is 59.9 Å². The zero-order valence-electron chi connectivity index (χ0n) is 13.3. The van der Waals surface area contributed by atoms with Gasteiger partial charge >= 0.3 is 6.03 Å². The molecule has 0 aromatic heterocycles. The number of para-hydroxylation sites is 1. The van der Waals surface area contributed by atoms with Gasteiger partial charge in [-0.1, -0.05) is 18.2 Å². The fraction of sp³-hybridized carbons (Fsp3) is 0.278. The molecule has 3 rings (SSSR count). The third-order valence-corrected chi connectivity index (χ3v) is 4.14. The van der Waals surface area contributed by atoms with E-state index >= 15 is 0 Å². The monoisotopic (exact) mass is 329 g/mol. The third kappa shape index (κ3) is 4.02. The number of piperazine rings is 1. The van der Waals surface area contributed by atoms with Crippen LogP contribution in [0.2, 0.25) is 0 Å². The molecule has 24 heavy (non-hydrogen) atoms. The van der Waals surface area contributed by atoms with Gasteiger partial charge in [0.05, 0.1) is 0 Å². The van der Waals surface area contributed by atoms with E-state index in [-0.39, 0.29) is 11.8 Å². The van der Waals surface area contributed by atoms with Crippen LogP contribution in [0.15, 0.2) is 48.5 Å². The van der Waals surface area contributed by atoms with E-state index in [1.165, 1.54) is 12.1 Å². The van der Waals surface area contributed by atoms with E-state index in [9.17, 15) is 14.3 Å². The van der Waals surface area contributed by atoms with Gasteiger partial charge in [0.15, 0.2) is 0 Å². The first kappa shape index (κ1) is 16.3. The van der Waals surface area contributed by atoms with Crippen molar-refractivity contribution in [2.75, 3.05) is 31.5 Å². The lowest BCUT2D eigenvalue weighted by Crippen LogP contribution is -2.49. The Labute approximate surface area is 140 Å². The molecule has 2 aromatic carbocycles. The number of amides is 2. The number of phenols is 1. The van der Waals surface area contributed by atoms with Crippen LogP contribution in [-0.2, 0) is 6.54 Å². The minimum Gasteiger partial charge on any atom is -0.508 e. The Bertz CT molecular complexity index is 698. The first-order valence-electron chi connectivity index (χ1n) is 7.92. The van der Waals surface area contributed by atoms with Crippen molar-refractivity contribution in [1.29, 1.82) is 0 Å². The number of carbonyl (C=O) groups is 1. The normalized spacial score (nSPS) is 15.3. The van der Waals surface area contributed by atoms with Crippen molar-refractivity contribution in [3.63, 3.8) is 0 Å². The first-order valence-corrected chi connectivity index (χ1v) is 7.92. The van der Waals surface area contributed by atoms with E-state index in [2.05, 4.69) is 10.2 Å². The maximum Gasteiger partial charge on any atom is 0.321 e. The van der Waals surface area contributed by atoms with Crippen LogP contribution in [0.25, 0.3) is 0 Å². The number of hydrogen-bond donors (Lipinski definition) is 2. The molecule has 126 valence electrons. The molecule has 2 N–H and O–H groups in total. The van der Waals surface area contributed by atoms with Crippen LogP contribution >= 0.6 is 0 Å². The highest BCUT2D eigenvalue weighted by atomic mass is 19.1. The Kier molecular flexibility index (Phi) is 4.96. The quantitative estimate of drug-likeness (QED) is 0.910. The molecule has 1 fully saturated rings. The number of nitrogens with one attached hydrogen (secondary N) is 1. The summed E-state index contributed by atoms with van der Waals surface area (Å²) in [4.78, 5) is 16.2. The Hall–Kier alpha value is -2.60. The summed E-state index contributed by atoms with van der Waals surface area (Å²) in [5, 5.41) is 12.6. The van der Waals surface area contributed by atoms with E-state index in [4.69, 9.17) is 0 Å². The number of urea groups is 1. The highest BCUT2D eigenvalue weighted by Gasteiger charge is 2.21. The molecule has 0 atom stereocenters. The lowest BCUT2D eigenvalue weighted by atomic mass is 10.2. The van der Waals surface area contributed by atoms with Crippen molar-refractivity contribution in [2.45, 2.75) is 6.54 Å². The minimum absolute atomic E-state index is 0.177. The van der Waals surface area contributed by atoms with Crippen molar-refractivity contribution in [3.8, 4) is 5.75 Å². The third-order valence-electron chi connectivity index (χ3n) is 4.14. The number of carbonyl (C=O) groups excluding carboxylic acids is 1. The molecule has 0 aliphatic carbocycles. The second kappa shape index (κ2) is 7.31. The average Bonchev–Trinajstić information content (AvgIpc) is 2.59. The molecule has 1 aliphatic heterocycles. The van der Waals surface area contributed by atoms with Crippen LogP contribution in [0, 0.1) is 5.82 Å². The van der Waals surface area contributed by atoms with E-state index in [1.54, 1.807) is 29.2 Å². The van der Waals surface area contributed by atoms with Crippen molar-refractivity contribution < 1.29 is 14.3 Å². The molecule has 2 aromatic rings. The largest absolute Gasteiger partial charge is 0.508 e. The fourth-order valence-electron chi connectivity index (χ4n) is 2.73. The predicted octanol–water partition coefficient (Wildman–Crippen LogP) is 2.88. The smallest absolute Gasteiger partial charge is 0.321 e. The summed E-state index contributed by atoms with van der Waals surface area (Å²) >= 11 is 0. The Morgan fingerprint density at radius 1 is 1.04 bits per heavy atom. The van der Waals surface area contributed by atoms with Crippen LogP contribution in [0.1, 0.15) is 5.56 Å². The van der Waals surface area contributed by atoms with Crippen LogP contribution < -0.4 is 5.32 Å². The lowest BCUT2D eigenvalue weighted by Gasteiger charge is -2.34. The second-order valence-corrected chi connectivity index (χ2v) is 5.83. The summed E-state index contributed by atoms with van der Waals surface area (Å²) in [5.74, 6) is -0.0280. The van der Waals surface area contributed by atoms with Gasteiger partial charge in [-0.3, -0.25) is 4.90 Å². The summed E-state index contributed by atoms with van der Waals surface area (Å²) in [7, 11) is 0. The van der Waals surface area contributed by atoms with Gasteiger partial charge in [-0.25, -0.2) is 9.18 Å². The lowest BCUT2D eigenvalue weighted by molar-refractivity contribution is 0.142. The van der Waals surface area contributed by atoms with Crippen LogP contribution in [-0.4, -0.2) is 47.1 Å². The minimum atomic E-state index is -0.328. The van der Waals surface area contributed by atoms with Gasteiger partial charge in [0.25, 0.3) is 0 Å². The molecule has 0 unspecified atom stereocenters. The zero-order valence-corrected chi connectivity index (χ0v) is 13.3. The summed E-state index contributed by atoms with van der Waals surface area (Å²) < 4.78 is 12.9. The number of benzene rings is 2. The number of anilines is 1. The highest BCUT2D eigenvalue weighted by molar-refractivity contribution is 5.89. The van der Waals surface area contributed by atoms with Crippen LogP contribution in [0.3, 0.4) is 0 Å². The van der Waals surface area contributed by atoms with E-state index in [1.807, 2.05) is 12.1 Å². The average molecular weight is 329 g/mol. The maximum absolute atomic E-state index is 12.9. The zero-order chi connectivity index (χ0) is 16.9. The molecule has 0 bridgehead atoms. The van der Waals surface area contributed by atoms with Crippen LogP contribution in [0.5, 0.6) is 5.75 Å². The summed E-state index contributed by atoms with van der Waals surface area (Å²) in [5.41, 5.74) is 1.47. The number of rotatable bonds is 3. The molecular formula is C18H20FN3O2. The Morgan fingerprint density at radius 2 is 1.71 bits per heavy atom. The SMILES string of the molecule is O=C(Nc1ccc(F)cc1)N1CCN(Cc2ccccc2O)CC1. The van der Waals surface area contributed by atoms with Gasteiger partial charge in [-0.05, 0) is 30.3 Å². The van der Waals surface area contributed by atoms with Gasteiger partial charge < -0.3 is 15.3 Å². The molecule has 5 nitrogen and oxygen atoms in total. The number of nitrogens with zero attached hydrogens (tertiary/aromatic N) is 2. The number of phenolic OH excluding ortho intramolecular Hbond substituents is 1. The van der Waals surface area contributed by atoms with Gasteiger partial charge in [0, 0.05) is 44.0 Å². The van der Waals surface area contributed by atoms with E-state index < -0.39 is 0 Å². The number of hydrogen-bond acceptors (Lipinski definition) is 3.